The van der Waals surface area contributed by atoms with Gasteiger partial charge in [0.1, 0.15) is 17.6 Å². The second-order valence-corrected chi connectivity index (χ2v) is 7.69. The molecule has 0 aromatic heterocycles. The summed E-state index contributed by atoms with van der Waals surface area (Å²) in [5.74, 6) is 0.0368. The molecule has 1 saturated heterocycles. The second-order valence-electron chi connectivity index (χ2n) is 7.69. The molecule has 0 aliphatic carbocycles. The lowest BCUT2D eigenvalue weighted by atomic mass is 9.86. The van der Waals surface area contributed by atoms with E-state index in [9.17, 15) is 4.79 Å². The minimum absolute atomic E-state index is 0.231. The molecule has 2 atom stereocenters. The Kier molecular flexibility index (Phi) is 8.23. The minimum Gasteiger partial charge on any atom is -0.497 e. The highest BCUT2D eigenvalue weighted by molar-refractivity contribution is 5.56. The van der Waals surface area contributed by atoms with E-state index in [1.54, 1.807) is 7.11 Å². The van der Waals surface area contributed by atoms with Crippen molar-refractivity contribution in [3.05, 3.63) is 42.0 Å². The third kappa shape index (κ3) is 5.66. The molecule has 0 saturated carbocycles. The number of ether oxygens (including phenoxy) is 4. The number of hydrogen-bond donors (Lipinski definition) is 0. The largest absolute Gasteiger partial charge is 0.497 e. The maximum Gasteiger partial charge on any atom is 0.168 e. The summed E-state index contributed by atoms with van der Waals surface area (Å²) in [4.78, 5) is 11.7. The first-order valence-corrected chi connectivity index (χ1v) is 10.1. The molecule has 1 heterocycles. The second kappa shape index (κ2) is 10.2. The third-order valence-electron chi connectivity index (χ3n) is 5.61. The van der Waals surface area contributed by atoms with E-state index in [2.05, 4.69) is 6.58 Å². The number of rotatable bonds is 12. The van der Waals surface area contributed by atoms with Crippen LogP contribution in [-0.4, -0.2) is 38.0 Å². The number of aldehydes is 1. The van der Waals surface area contributed by atoms with E-state index in [1.807, 2.05) is 45.0 Å². The molecule has 0 bridgehead atoms. The van der Waals surface area contributed by atoms with E-state index in [0.717, 1.165) is 42.4 Å². The Labute approximate surface area is 169 Å². The van der Waals surface area contributed by atoms with Crippen LogP contribution in [-0.2, 0) is 25.6 Å². The zero-order valence-corrected chi connectivity index (χ0v) is 17.7. The van der Waals surface area contributed by atoms with Gasteiger partial charge in [-0.3, -0.25) is 0 Å². The van der Waals surface area contributed by atoms with Crippen molar-refractivity contribution in [1.82, 2.24) is 0 Å². The normalized spacial score (nSPS) is 22.0. The molecule has 0 spiro atoms. The molecule has 0 N–H and O–H groups in total. The van der Waals surface area contributed by atoms with Crippen LogP contribution >= 0.6 is 0 Å². The molecule has 28 heavy (non-hydrogen) atoms. The smallest absolute Gasteiger partial charge is 0.168 e. The van der Waals surface area contributed by atoms with Gasteiger partial charge in [-0.15, -0.1) is 0 Å². The molecule has 1 aromatic carbocycles. The molecule has 1 aliphatic rings. The highest BCUT2D eigenvalue weighted by atomic mass is 16.8. The van der Waals surface area contributed by atoms with E-state index in [1.165, 1.54) is 0 Å². The topological polar surface area (TPSA) is 54.0 Å². The molecular weight excluding hydrogens is 356 g/mol. The van der Waals surface area contributed by atoms with E-state index >= 15 is 0 Å². The highest BCUT2D eigenvalue weighted by Gasteiger charge is 2.49. The molecular formula is C23H34O5. The third-order valence-corrected chi connectivity index (χ3v) is 5.61. The fourth-order valence-electron chi connectivity index (χ4n) is 3.52. The van der Waals surface area contributed by atoms with Crippen LogP contribution in [0.1, 0.15) is 52.0 Å². The van der Waals surface area contributed by atoms with Crippen LogP contribution in [0.25, 0.3) is 0 Å². The van der Waals surface area contributed by atoms with Gasteiger partial charge < -0.3 is 23.7 Å². The Hall–Kier alpha value is -1.69. The lowest BCUT2D eigenvalue weighted by Gasteiger charge is -2.32. The lowest BCUT2D eigenvalue weighted by Crippen LogP contribution is -2.41. The van der Waals surface area contributed by atoms with Gasteiger partial charge in [0.25, 0.3) is 0 Å². The maximum atomic E-state index is 11.7. The predicted octanol–water partition coefficient (Wildman–Crippen LogP) is 4.69. The Morgan fingerprint density at radius 3 is 2.50 bits per heavy atom. The lowest BCUT2D eigenvalue weighted by molar-refractivity contribution is -0.196. The van der Waals surface area contributed by atoms with Crippen molar-refractivity contribution >= 4 is 6.29 Å². The number of carbonyl (C=O) groups excluding carboxylic acids is 1. The summed E-state index contributed by atoms with van der Waals surface area (Å²) >= 11 is 0. The van der Waals surface area contributed by atoms with Crippen LogP contribution in [0.15, 0.2) is 36.4 Å². The van der Waals surface area contributed by atoms with Crippen molar-refractivity contribution in [3.8, 4) is 5.75 Å². The molecule has 0 radical (unpaired) electrons. The van der Waals surface area contributed by atoms with Gasteiger partial charge in [0.15, 0.2) is 5.79 Å². The summed E-state index contributed by atoms with van der Waals surface area (Å²) in [6.07, 6.45) is 3.94. The zero-order chi connectivity index (χ0) is 20.6. The molecule has 0 unspecified atom stereocenters. The van der Waals surface area contributed by atoms with Crippen LogP contribution in [0.2, 0.25) is 0 Å². The first kappa shape index (κ1) is 22.6. The standard InChI is InChI=1S/C23H34O5/c1-6-23(7-2)27-17-22(4,28-23)20(14-24)11-8-18(3)15-26-16-19-9-12-21(25-5)13-10-19/h9-10,12-14,20H,3,6-8,11,15-17H2,1-2,4-5H3/t20-,22-/m1/s1. The molecule has 1 fully saturated rings. The number of carbonyl (C=O) groups is 1. The van der Waals surface area contributed by atoms with Crippen molar-refractivity contribution in [2.75, 3.05) is 20.3 Å². The SMILES string of the molecule is C=C(CC[C@H](C=O)[C@@]1(C)COC(CC)(CC)O1)COCc1ccc(OC)cc1. The number of benzene rings is 1. The predicted molar refractivity (Wildman–Crippen MR) is 109 cm³/mol. The van der Waals surface area contributed by atoms with Crippen LogP contribution < -0.4 is 4.74 Å². The van der Waals surface area contributed by atoms with Crippen molar-refractivity contribution < 1.29 is 23.7 Å². The van der Waals surface area contributed by atoms with E-state index < -0.39 is 11.4 Å². The summed E-state index contributed by atoms with van der Waals surface area (Å²) in [6, 6.07) is 7.80. The van der Waals surface area contributed by atoms with Crippen LogP contribution in [0.3, 0.4) is 0 Å². The zero-order valence-electron chi connectivity index (χ0n) is 17.7. The van der Waals surface area contributed by atoms with Crippen molar-refractivity contribution in [1.29, 1.82) is 0 Å². The quantitative estimate of drug-likeness (QED) is 0.383. The summed E-state index contributed by atoms with van der Waals surface area (Å²) in [5.41, 5.74) is 1.47. The molecule has 5 nitrogen and oxygen atoms in total. The van der Waals surface area contributed by atoms with Crippen molar-refractivity contribution in [2.45, 2.75) is 64.4 Å². The fourth-order valence-corrected chi connectivity index (χ4v) is 3.52. The molecule has 2 rings (SSSR count). The molecule has 5 heteroatoms. The van der Waals surface area contributed by atoms with Crippen LogP contribution in [0, 0.1) is 5.92 Å². The van der Waals surface area contributed by atoms with E-state index in [0.29, 0.717) is 26.2 Å². The van der Waals surface area contributed by atoms with Gasteiger partial charge in [-0.1, -0.05) is 38.1 Å². The van der Waals surface area contributed by atoms with Gasteiger partial charge >= 0.3 is 0 Å². The highest BCUT2D eigenvalue weighted by Crippen LogP contribution is 2.41. The monoisotopic (exact) mass is 390 g/mol. The van der Waals surface area contributed by atoms with Crippen molar-refractivity contribution in [2.24, 2.45) is 5.92 Å². The minimum atomic E-state index is -0.585. The summed E-state index contributed by atoms with van der Waals surface area (Å²) in [5, 5.41) is 0. The maximum absolute atomic E-state index is 11.7. The van der Waals surface area contributed by atoms with Gasteiger partial charge in [-0.2, -0.15) is 0 Å². The Balaban J connectivity index is 1.77. The van der Waals surface area contributed by atoms with E-state index in [4.69, 9.17) is 18.9 Å². The molecule has 156 valence electrons. The Bertz CT molecular complexity index is 635. The summed E-state index contributed by atoms with van der Waals surface area (Å²) in [7, 11) is 1.65. The average molecular weight is 391 g/mol. The molecule has 1 aliphatic heterocycles. The first-order valence-electron chi connectivity index (χ1n) is 10.1. The number of methoxy groups -OCH3 is 1. The first-order chi connectivity index (χ1) is 13.4. The molecule has 1 aromatic rings. The van der Waals surface area contributed by atoms with Crippen LogP contribution in [0.5, 0.6) is 5.75 Å². The average Bonchev–Trinajstić information content (AvgIpc) is 3.07. The summed E-state index contributed by atoms with van der Waals surface area (Å²) < 4.78 is 23.1. The molecule has 0 amide bonds. The number of hydrogen-bond acceptors (Lipinski definition) is 5. The fraction of sp³-hybridized carbons (Fsp3) is 0.609. The van der Waals surface area contributed by atoms with E-state index in [-0.39, 0.29) is 5.92 Å². The van der Waals surface area contributed by atoms with Gasteiger partial charge in [-0.25, -0.2) is 0 Å². The summed E-state index contributed by atoms with van der Waals surface area (Å²) in [6.45, 7) is 11.6. The van der Waals surface area contributed by atoms with Gasteiger partial charge in [-0.05, 0) is 50.3 Å². The van der Waals surface area contributed by atoms with Crippen molar-refractivity contribution in [3.63, 3.8) is 0 Å². The Morgan fingerprint density at radius 2 is 1.96 bits per heavy atom. The van der Waals surface area contributed by atoms with Gasteiger partial charge in [0.2, 0.25) is 0 Å². The van der Waals surface area contributed by atoms with Gasteiger partial charge in [0.05, 0.1) is 26.9 Å². The van der Waals surface area contributed by atoms with Gasteiger partial charge in [0, 0.05) is 5.92 Å². The Morgan fingerprint density at radius 1 is 1.29 bits per heavy atom. The van der Waals surface area contributed by atoms with Crippen LogP contribution in [0.4, 0.5) is 0 Å².